The number of aromatic nitrogens is 6. The van der Waals surface area contributed by atoms with Crippen LogP contribution in [0.2, 0.25) is 0 Å². The van der Waals surface area contributed by atoms with Gasteiger partial charge in [0.15, 0.2) is 10.6 Å². The number of para-hydroxylation sites is 1. The van der Waals surface area contributed by atoms with Gasteiger partial charge in [-0.2, -0.15) is 10.2 Å². The number of hydrogen-bond acceptors (Lipinski definition) is 5. The average Bonchev–Trinajstić information content (AvgIpc) is 3.40. The molecule has 0 unspecified atom stereocenters. The van der Waals surface area contributed by atoms with E-state index in [1.54, 1.807) is 23.3 Å². The molecule has 8 nitrogen and oxygen atoms in total. The third-order valence-electron chi connectivity index (χ3n) is 5.01. The molecule has 3 aromatic heterocycles. The summed E-state index contributed by atoms with van der Waals surface area (Å²) >= 11 is 5.32. The molecule has 0 bridgehead atoms. The van der Waals surface area contributed by atoms with Gasteiger partial charge in [0.1, 0.15) is 5.69 Å². The number of benzene rings is 1. The van der Waals surface area contributed by atoms with Crippen molar-refractivity contribution in [3.05, 3.63) is 77.2 Å². The number of rotatable bonds is 6. The van der Waals surface area contributed by atoms with Gasteiger partial charge in [-0.15, -0.1) is 0 Å². The molecule has 3 heterocycles. The molecule has 30 heavy (non-hydrogen) atoms. The van der Waals surface area contributed by atoms with E-state index in [9.17, 15) is 4.79 Å². The highest BCUT2D eigenvalue weighted by Gasteiger charge is 2.27. The van der Waals surface area contributed by atoms with E-state index in [1.807, 2.05) is 47.0 Å². The Morgan fingerprint density at radius 3 is 2.77 bits per heavy atom. The summed E-state index contributed by atoms with van der Waals surface area (Å²) in [7, 11) is 0. The summed E-state index contributed by atoms with van der Waals surface area (Å²) in [6.07, 6.45) is 7.31. The van der Waals surface area contributed by atoms with E-state index in [0.717, 1.165) is 29.9 Å². The second-order valence-electron chi connectivity index (χ2n) is 7.14. The summed E-state index contributed by atoms with van der Waals surface area (Å²) in [5.74, 6) is 0.501. The first kappa shape index (κ1) is 18.4. The molecule has 0 radical (unpaired) electrons. The molecule has 1 saturated carbocycles. The fourth-order valence-electron chi connectivity index (χ4n) is 3.40. The third kappa shape index (κ3) is 3.55. The van der Waals surface area contributed by atoms with E-state index < -0.39 is 0 Å². The second-order valence-corrected chi connectivity index (χ2v) is 7.53. The number of amides is 1. The number of nitrogens with zero attached hydrogens (tertiary/aromatic N) is 5. The normalized spacial score (nSPS) is 13.3. The highest BCUT2D eigenvalue weighted by Crippen LogP contribution is 2.35. The molecule has 1 aromatic carbocycles. The molecule has 0 aliphatic heterocycles. The van der Waals surface area contributed by atoms with Crippen molar-refractivity contribution in [3.63, 3.8) is 0 Å². The average molecular weight is 417 g/mol. The maximum absolute atomic E-state index is 13.1. The lowest BCUT2D eigenvalue weighted by molar-refractivity contribution is 0.0950. The van der Waals surface area contributed by atoms with E-state index in [1.165, 1.54) is 0 Å². The minimum Gasteiger partial charge on any atom is -0.345 e. The SMILES string of the molecule is O=C(NCc1n[nH]c(=S)n1C1CC1)c1cn(-c2ccccc2)nc1-c1cccnc1. The molecule has 4 aromatic rings. The van der Waals surface area contributed by atoms with E-state index in [0.29, 0.717) is 22.1 Å². The standard InChI is InChI=1S/C21H19N7OS/c29-20(23-12-18-24-25-21(30)28(18)16-8-9-16)17-13-27(15-6-2-1-3-7-15)26-19(17)14-5-4-10-22-11-14/h1-7,10-11,13,16H,8-9,12H2,(H,23,29)(H,25,30). The van der Waals surface area contributed by atoms with Gasteiger partial charge < -0.3 is 5.32 Å². The zero-order chi connectivity index (χ0) is 20.5. The molecular formula is C21H19N7OS. The third-order valence-corrected chi connectivity index (χ3v) is 5.30. The topological polar surface area (TPSA) is 93.4 Å². The molecule has 1 aliphatic carbocycles. The minimum absolute atomic E-state index is 0.229. The highest BCUT2D eigenvalue weighted by molar-refractivity contribution is 7.71. The van der Waals surface area contributed by atoms with E-state index in [4.69, 9.17) is 12.2 Å². The van der Waals surface area contributed by atoms with Crippen molar-refractivity contribution in [2.24, 2.45) is 0 Å². The van der Waals surface area contributed by atoms with Gasteiger partial charge in [-0.3, -0.25) is 19.4 Å². The van der Waals surface area contributed by atoms with E-state index in [-0.39, 0.29) is 12.5 Å². The Bertz CT molecular complexity index is 1240. The molecule has 0 atom stereocenters. The Morgan fingerprint density at radius 1 is 1.20 bits per heavy atom. The number of carbonyl (C=O) groups is 1. The van der Waals surface area contributed by atoms with Crippen molar-refractivity contribution >= 4 is 18.1 Å². The molecule has 0 saturated heterocycles. The Morgan fingerprint density at radius 2 is 2.03 bits per heavy atom. The number of carbonyl (C=O) groups excluding carboxylic acids is 1. The van der Waals surface area contributed by atoms with Gasteiger partial charge in [0, 0.05) is 30.2 Å². The molecule has 9 heteroatoms. The maximum Gasteiger partial charge on any atom is 0.255 e. The molecule has 0 spiro atoms. The summed E-state index contributed by atoms with van der Waals surface area (Å²) in [5, 5.41) is 14.7. The van der Waals surface area contributed by atoms with Crippen LogP contribution in [0.1, 0.15) is 35.1 Å². The van der Waals surface area contributed by atoms with Gasteiger partial charge in [0.05, 0.1) is 17.8 Å². The van der Waals surface area contributed by atoms with Crippen LogP contribution < -0.4 is 5.32 Å². The Balaban J connectivity index is 1.46. The van der Waals surface area contributed by atoms with E-state index >= 15 is 0 Å². The Kier molecular flexibility index (Phi) is 4.72. The molecule has 1 amide bonds. The first-order valence-corrected chi connectivity index (χ1v) is 10.1. The van der Waals surface area contributed by atoms with Gasteiger partial charge >= 0.3 is 0 Å². The maximum atomic E-state index is 13.1. The lowest BCUT2D eigenvalue weighted by Gasteiger charge is -2.07. The van der Waals surface area contributed by atoms with Crippen molar-refractivity contribution < 1.29 is 4.79 Å². The van der Waals surface area contributed by atoms with Crippen LogP contribution in [0.25, 0.3) is 16.9 Å². The van der Waals surface area contributed by atoms with Crippen molar-refractivity contribution in [2.75, 3.05) is 0 Å². The van der Waals surface area contributed by atoms with Crippen LogP contribution in [0.3, 0.4) is 0 Å². The van der Waals surface area contributed by atoms with E-state index in [2.05, 4.69) is 25.6 Å². The fraction of sp³-hybridized carbons (Fsp3) is 0.190. The predicted octanol–water partition coefficient (Wildman–Crippen LogP) is 3.45. The van der Waals surface area contributed by atoms with Crippen molar-refractivity contribution in [2.45, 2.75) is 25.4 Å². The largest absolute Gasteiger partial charge is 0.345 e. The van der Waals surface area contributed by atoms with Gasteiger partial charge in [-0.05, 0) is 49.3 Å². The van der Waals surface area contributed by atoms with Crippen LogP contribution in [-0.2, 0) is 6.54 Å². The summed E-state index contributed by atoms with van der Waals surface area (Å²) in [4.78, 5) is 17.3. The van der Waals surface area contributed by atoms with Crippen LogP contribution in [0.5, 0.6) is 0 Å². The first-order chi connectivity index (χ1) is 14.7. The van der Waals surface area contributed by atoms with Crippen LogP contribution in [-0.4, -0.2) is 35.4 Å². The monoisotopic (exact) mass is 417 g/mol. The van der Waals surface area contributed by atoms with Gasteiger partial charge in [-0.25, -0.2) is 4.68 Å². The lowest BCUT2D eigenvalue weighted by Crippen LogP contribution is -2.25. The van der Waals surface area contributed by atoms with Gasteiger partial charge in [0.2, 0.25) is 0 Å². The molecule has 5 rings (SSSR count). The van der Waals surface area contributed by atoms with Crippen molar-refractivity contribution in [1.29, 1.82) is 0 Å². The molecule has 150 valence electrons. The number of aromatic amines is 1. The molecule has 2 N–H and O–H groups in total. The van der Waals surface area contributed by atoms with Crippen LogP contribution >= 0.6 is 12.2 Å². The number of H-pyrrole nitrogens is 1. The highest BCUT2D eigenvalue weighted by atomic mass is 32.1. The van der Waals surface area contributed by atoms with Crippen LogP contribution in [0, 0.1) is 4.77 Å². The lowest BCUT2D eigenvalue weighted by atomic mass is 10.1. The van der Waals surface area contributed by atoms with Gasteiger partial charge in [-0.1, -0.05) is 18.2 Å². The molecule has 1 aliphatic rings. The zero-order valence-electron chi connectivity index (χ0n) is 16.0. The molecular weight excluding hydrogens is 398 g/mol. The van der Waals surface area contributed by atoms with Crippen LogP contribution in [0.4, 0.5) is 0 Å². The smallest absolute Gasteiger partial charge is 0.255 e. The summed E-state index contributed by atoms with van der Waals surface area (Å²) in [6.45, 7) is 0.283. The molecule has 1 fully saturated rings. The van der Waals surface area contributed by atoms with Crippen molar-refractivity contribution in [1.82, 2.24) is 34.8 Å². The number of nitrogens with one attached hydrogen (secondary N) is 2. The van der Waals surface area contributed by atoms with Gasteiger partial charge in [0.25, 0.3) is 5.91 Å². The predicted molar refractivity (Wildman–Crippen MR) is 114 cm³/mol. The first-order valence-electron chi connectivity index (χ1n) is 9.70. The number of pyridine rings is 1. The quantitative estimate of drug-likeness (QED) is 0.469. The Hall–Kier alpha value is -3.59. The summed E-state index contributed by atoms with van der Waals surface area (Å²) in [6, 6.07) is 13.8. The zero-order valence-corrected chi connectivity index (χ0v) is 16.8. The minimum atomic E-state index is -0.229. The van der Waals surface area contributed by atoms with Crippen molar-refractivity contribution in [3.8, 4) is 16.9 Å². The fourth-order valence-corrected chi connectivity index (χ4v) is 3.70. The summed E-state index contributed by atoms with van der Waals surface area (Å²) < 4.78 is 4.29. The Labute approximate surface area is 177 Å². The number of hydrogen-bond donors (Lipinski definition) is 2. The second kappa shape index (κ2) is 7.68. The summed E-state index contributed by atoms with van der Waals surface area (Å²) in [5.41, 5.74) is 2.69. The van der Waals surface area contributed by atoms with Crippen LogP contribution in [0.15, 0.2) is 61.1 Å².